The SMILES string of the molecule is Cc1noc(C)c1S(=O)(=O)N1CCC(NC(=O)c2cc(O)c(O)c(O)c2)CC1. The highest BCUT2D eigenvalue weighted by atomic mass is 32.2. The van der Waals surface area contributed by atoms with Gasteiger partial charge in [-0.25, -0.2) is 8.42 Å². The number of aromatic nitrogens is 1. The van der Waals surface area contributed by atoms with E-state index < -0.39 is 33.2 Å². The van der Waals surface area contributed by atoms with Crippen molar-refractivity contribution in [1.82, 2.24) is 14.8 Å². The Morgan fingerprint density at radius 2 is 1.75 bits per heavy atom. The predicted octanol–water partition coefficient (Wildman–Crippen LogP) is 0.991. The lowest BCUT2D eigenvalue weighted by Crippen LogP contribution is -2.46. The van der Waals surface area contributed by atoms with Gasteiger partial charge in [-0.15, -0.1) is 0 Å². The average Bonchev–Trinajstić information content (AvgIpc) is 2.98. The molecule has 11 heteroatoms. The number of benzene rings is 1. The third kappa shape index (κ3) is 3.62. The van der Waals surface area contributed by atoms with Gasteiger partial charge in [-0.2, -0.15) is 4.31 Å². The zero-order valence-corrected chi connectivity index (χ0v) is 16.2. The lowest BCUT2D eigenvalue weighted by atomic mass is 10.1. The Bertz CT molecular complexity index is 965. The number of nitrogens with zero attached hydrogens (tertiary/aromatic N) is 2. The minimum Gasteiger partial charge on any atom is -0.504 e. The molecule has 4 N–H and O–H groups in total. The number of hydrogen-bond acceptors (Lipinski definition) is 8. The molecule has 10 nitrogen and oxygen atoms in total. The number of carbonyl (C=O) groups excluding carboxylic acids is 1. The first-order chi connectivity index (χ1) is 13.1. The van der Waals surface area contributed by atoms with E-state index in [1.807, 2.05) is 0 Å². The second-order valence-corrected chi connectivity index (χ2v) is 8.54. The van der Waals surface area contributed by atoms with Crippen molar-refractivity contribution in [1.29, 1.82) is 0 Å². The van der Waals surface area contributed by atoms with Gasteiger partial charge in [0, 0.05) is 24.7 Å². The van der Waals surface area contributed by atoms with E-state index in [1.54, 1.807) is 13.8 Å². The van der Waals surface area contributed by atoms with E-state index in [4.69, 9.17) is 4.52 Å². The number of piperidine rings is 1. The van der Waals surface area contributed by atoms with Crippen molar-refractivity contribution in [2.75, 3.05) is 13.1 Å². The highest BCUT2D eigenvalue weighted by Crippen LogP contribution is 2.35. The number of carbonyl (C=O) groups is 1. The van der Waals surface area contributed by atoms with Crippen LogP contribution in [0.1, 0.15) is 34.7 Å². The number of nitrogens with one attached hydrogen (secondary N) is 1. The maximum Gasteiger partial charge on any atom is 0.251 e. The molecule has 1 amide bonds. The summed E-state index contributed by atoms with van der Waals surface area (Å²) in [6.45, 7) is 3.54. The summed E-state index contributed by atoms with van der Waals surface area (Å²) < 4.78 is 31.9. The molecule has 0 spiro atoms. The minimum atomic E-state index is -3.73. The molecule has 1 fully saturated rings. The van der Waals surface area contributed by atoms with Crippen LogP contribution in [-0.2, 0) is 10.0 Å². The van der Waals surface area contributed by atoms with Crippen LogP contribution in [-0.4, -0.2) is 58.2 Å². The fraction of sp³-hybridized carbons (Fsp3) is 0.412. The lowest BCUT2D eigenvalue weighted by Gasteiger charge is -2.31. The summed E-state index contributed by atoms with van der Waals surface area (Å²) in [5, 5.41) is 34.8. The topological polar surface area (TPSA) is 153 Å². The fourth-order valence-corrected chi connectivity index (χ4v) is 4.98. The molecular weight excluding hydrogens is 390 g/mol. The summed E-state index contributed by atoms with van der Waals surface area (Å²) in [4.78, 5) is 12.4. The maximum absolute atomic E-state index is 12.8. The van der Waals surface area contributed by atoms with Gasteiger partial charge in [-0.3, -0.25) is 4.79 Å². The molecule has 1 saturated heterocycles. The molecule has 152 valence electrons. The quantitative estimate of drug-likeness (QED) is 0.543. The molecule has 0 radical (unpaired) electrons. The molecule has 1 aromatic heterocycles. The molecule has 0 unspecified atom stereocenters. The van der Waals surface area contributed by atoms with E-state index in [0.717, 1.165) is 12.1 Å². The summed E-state index contributed by atoms with van der Waals surface area (Å²) in [6.07, 6.45) is 0.786. The van der Waals surface area contributed by atoms with Crippen LogP contribution in [0.15, 0.2) is 21.6 Å². The van der Waals surface area contributed by atoms with Gasteiger partial charge >= 0.3 is 0 Å². The standard InChI is InChI=1S/C17H21N3O7S/c1-9-16(10(2)27-19-9)28(25,26)20-5-3-12(4-6-20)18-17(24)11-7-13(21)15(23)14(22)8-11/h7-8,12,21-23H,3-6H2,1-2H3,(H,18,24). The molecule has 1 aliphatic heterocycles. The fourth-order valence-electron chi connectivity index (χ4n) is 3.22. The molecule has 0 aliphatic carbocycles. The van der Waals surface area contributed by atoms with E-state index in [2.05, 4.69) is 10.5 Å². The van der Waals surface area contributed by atoms with Gasteiger partial charge in [0.15, 0.2) is 23.0 Å². The molecule has 3 rings (SSSR count). The van der Waals surface area contributed by atoms with Crippen LogP contribution in [0.3, 0.4) is 0 Å². The van der Waals surface area contributed by atoms with Crippen LogP contribution in [0, 0.1) is 13.8 Å². The van der Waals surface area contributed by atoms with Gasteiger partial charge in [0.25, 0.3) is 5.91 Å². The van der Waals surface area contributed by atoms with Crippen LogP contribution in [0.2, 0.25) is 0 Å². The molecule has 1 aliphatic rings. The number of phenolic OH excluding ortho intramolecular Hbond substituents is 3. The molecule has 0 atom stereocenters. The second kappa shape index (κ2) is 7.32. The number of phenols is 3. The van der Waals surface area contributed by atoms with E-state index in [9.17, 15) is 28.5 Å². The van der Waals surface area contributed by atoms with Crippen molar-refractivity contribution in [3.63, 3.8) is 0 Å². The van der Waals surface area contributed by atoms with Crippen molar-refractivity contribution < 1.29 is 33.1 Å². The first-order valence-electron chi connectivity index (χ1n) is 8.60. The number of rotatable bonds is 4. The summed E-state index contributed by atoms with van der Waals surface area (Å²) in [5.41, 5.74) is 0.290. The van der Waals surface area contributed by atoms with Crippen LogP contribution < -0.4 is 5.32 Å². The van der Waals surface area contributed by atoms with Crippen molar-refractivity contribution in [2.45, 2.75) is 37.6 Å². The van der Waals surface area contributed by atoms with E-state index >= 15 is 0 Å². The zero-order chi connectivity index (χ0) is 20.6. The Morgan fingerprint density at radius 3 is 2.25 bits per heavy atom. The summed E-state index contributed by atoms with van der Waals surface area (Å²) in [5.74, 6) is -2.22. The molecule has 0 saturated carbocycles. The van der Waals surface area contributed by atoms with E-state index in [-0.39, 0.29) is 35.4 Å². The Labute approximate surface area is 161 Å². The smallest absolute Gasteiger partial charge is 0.251 e. The molecular formula is C17H21N3O7S. The van der Waals surface area contributed by atoms with Crippen LogP contribution in [0.4, 0.5) is 0 Å². The number of sulfonamides is 1. The van der Waals surface area contributed by atoms with Gasteiger partial charge in [-0.05, 0) is 38.8 Å². The monoisotopic (exact) mass is 411 g/mol. The van der Waals surface area contributed by atoms with Crippen LogP contribution in [0.25, 0.3) is 0 Å². The summed E-state index contributed by atoms with van der Waals surface area (Å²) >= 11 is 0. The van der Waals surface area contributed by atoms with E-state index in [0.29, 0.717) is 18.5 Å². The Kier molecular flexibility index (Phi) is 5.22. The first-order valence-corrected chi connectivity index (χ1v) is 10.0. The minimum absolute atomic E-state index is 0.0152. The highest BCUT2D eigenvalue weighted by molar-refractivity contribution is 7.89. The number of aryl methyl sites for hydroxylation is 2. The van der Waals surface area contributed by atoms with Gasteiger partial charge in [-0.1, -0.05) is 5.16 Å². The zero-order valence-electron chi connectivity index (χ0n) is 15.3. The Hall–Kier alpha value is -2.79. The summed E-state index contributed by atoms with van der Waals surface area (Å²) in [6, 6.07) is 1.81. The number of amides is 1. The predicted molar refractivity (Wildman–Crippen MR) is 96.7 cm³/mol. The van der Waals surface area contributed by atoms with Crippen LogP contribution >= 0.6 is 0 Å². The lowest BCUT2D eigenvalue weighted by molar-refractivity contribution is 0.0923. The van der Waals surface area contributed by atoms with Crippen molar-refractivity contribution in [2.24, 2.45) is 0 Å². The van der Waals surface area contributed by atoms with Gasteiger partial charge < -0.3 is 25.2 Å². The Morgan fingerprint density at radius 1 is 1.18 bits per heavy atom. The summed E-state index contributed by atoms with van der Waals surface area (Å²) in [7, 11) is -3.73. The Balaban J connectivity index is 1.65. The molecule has 28 heavy (non-hydrogen) atoms. The van der Waals surface area contributed by atoms with Crippen molar-refractivity contribution in [3.05, 3.63) is 29.2 Å². The average molecular weight is 411 g/mol. The highest BCUT2D eigenvalue weighted by Gasteiger charge is 2.34. The largest absolute Gasteiger partial charge is 0.504 e. The molecule has 2 heterocycles. The third-order valence-corrected chi connectivity index (χ3v) is 6.83. The second-order valence-electron chi connectivity index (χ2n) is 6.67. The maximum atomic E-state index is 12.8. The van der Waals surface area contributed by atoms with Crippen molar-refractivity contribution >= 4 is 15.9 Å². The number of aromatic hydroxyl groups is 3. The number of hydrogen-bond donors (Lipinski definition) is 4. The van der Waals surface area contributed by atoms with E-state index in [1.165, 1.54) is 4.31 Å². The van der Waals surface area contributed by atoms with Crippen LogP contribution in [0.5, 0.6) is 17.2 Å². The first kappa shape index (κ1) is 20.0. The van der Waals surface area contributed by atoms with Gasteiger partial charge in [0.1, 0.15) is 10.6 Å². The molecule has 0 bridgehead atoms. The van der Waals surface area contributed by atoms with Gasteiger partial charge in [0.2, 0.25) is 10.0 Å². The van der Waals surface area contributed by atoms with Crippen molar-refractivity contribution in [3.8, 4) is 17.2 Å². The molecule has 2 aromatic rings. The third-order valence-electron chi connectivity index (χ3n) is 4.69. The molecule has 1 aromatic carbocycles. The van der Waals surface area contributed by atoms with Gasteiger partial charge in [0.05, 0.1) is 0 Å². The normalized spacial score (nSPS) is 16.2.